The molecule has 0 aromatic carbocycles. The van der Waals surface area contributed by atoms with Gasteiger partial charge in [-0.2, -0.15) is 0 Å². The van der Waals surface area contributed by atoms with Crippen molar-refractivity contribution in [1.82, 2.24) is 5.32 Å². The molecule has 0 amide bonds. The van der Waals surface area contributed by atoms with Gasteiger partial charge in [0.05, 0.1) is 19.3 Å². The topological polar surface area (TPSA) is 39.7 Å². The van der Waals surface area contributed by atoms with Crippen molar-refractivity contribution in [1.29, 1.82) is 0 Å². The van der Waals surface area contributed by atoms with Crippen molar-refractivity contribution in [2.45, 2.75) is 44.2 Å². The van der Waals surface area contributed by atoms with Gasteiger partial charge >= 0.3 is 0 Å². The van der Waals surface area contributed by atoms with Crippen molar-refractivity contribution in [3.63, 3.8) is 0 Å². The van der Waals surface area contributed by atoms with Gasteiger partial charge in [-0.05, 0) is 39.2 Å². The highest BCUT2D eigenvalue weighted by Crippen LogP contribution is 2.20. The molecular formula is C13H27NO3. The average molecular weight is 245 g/mol. The van der Waals surface area contributed by atoms with Crippen LogP contribution in [0.3, 0.4) is 0 Å². The first-order valence-electron chi connectivity index (χ1n) is 6.72. The Labute approximate surface area is 105 Å². The van der Waals surface area contributed by atoms with Crippen molar-refractivity contribution >= 4 is 0 Å². The van der Waals surface area contributed by atoms with E-state index in [1.54, 1.807) is 7.11 Å². The Kier molecular flexibility index (Phi) is 8.61. The summed E-state index contributed by atoms with van der Waals surface area (Å²) in [5.41, 5.74) is 0. The maximum Gasteiger partial charge on any atom is 0.0700 e. The van der Waals surface area contributed by atoms with Gasteiger partial charge in [0.15, 0.2) is 0 Å². The Bertz CT molecular complexity index is 178. The summed E-state index contributed by atoms with van der Waals surface area (Å²) in [5, 5.41) is 3.34. The van der Waals surface area contributed by atoms with E-state index >= 15 is 0 Å². The van der Waals surface area contributed by atoms with Gasteiger partial charge in [0.1, 0.15) is 0 Å². The van der Waals surface area contributed by atoms with Crippen molar-refractivity contribution in [3.8, 4) is 0 Å². The predicted octanol–water partition coefficient (Wildman–Crippen LogP) is 1.59. The molecule has 0 spiro atoms. The highest BCUT2D eigenvalue weighted by molar-refractivity contribution is 4.77. The molecule has 0 heterocycles. The SMILES string of the molecule is CNC1CCCC(OCCCOCCOC)C1. The van der Waals surface area contributed by atoms with E-state index in [-0.39, 0.29) is 0 Å². The molecule has 0 saturated heterocycles. The molecule has 2 atom stereocenters. The Hall–Kier alpha value is -0.160. The van der Waals surface area contributed by atoms with Crippen LogP contribution < -0.4 is 5.32 Å². The van der Waals surface area contributed by atoms with Crippen LogP contribution in [0.4, 0.5) is 0 Å². The average Bonchev–Trinajstić information content (AvgIpc) is 2.38. The van der Waals surface area contributed by atoms with E-state index in [1.807, 2.05) is 7.05 Å². The van der Waals surface area contributed by atoms with Gasteiger partial charge in [-0.3, -0.25) is 0 Å². The summed E-state index contributed by atoms with van der Waals surface area (Å²) in [7, 11) is 3.73. The van der Waals surface area contributed by atoms with E-state index in [1.165, 1.54) is 19.3 Å². The molecule has 1 saturated carbocycles. The van der Waals surface area contributed by atoms with Gasteiger partial charge in [-0.25, -0.2) is 0 Å². The van der Waals surface area contributed by atoms with Crippen LogP contribution in [0.2, 0.25) is 0 Å². The number of rotatable bonds is 9. The zero-order valence-corrected chi connectivity index (χ0v) is 11.2. The normalized spacial score (nSPS) is 25.1. The van der Waals surface area contributed by atoms with Gasteiger partial charge in [0, 0.05) is 26.4 Å². The lowest BCUT2D eigenvalue weighted by atomic mass is 9.93. The van der Waals surface area contributed by atoms with Crippen LogP contribution in [0.15, 0.2) is 0 Å². The predicted molar refractivity (Wildman–Crippen MR) is 68.4 cm³/mol. The number of ether oxygens (including phenoxy) is 3. The standard InChI is InChI=1S/C13H27NO3/c1-14-12-5-3-6-13(11-12)17-8-4-7-16-10-9-15-2/h12-14H,3-11H2,1-2H3. The smallest absolute Gasteiger partial charge is 0.0700 e. The molecule has 1 fully saturated rings. The van der Waals surface area contributed by atoms with Crippen LogP contribution in [0.5, 0.6) is 0 Å². The number of hydrogen-bond acceptors (Lipinski definition) is 4. The highest BCUT2D eigenvalue weighted by Gasteiger charge is 2.20. The van der Waals surface area contributed by atoms with E-state index in [2.05, 4.69) is 5.32 Å². The molecule has 0 aromatic heterocycles. The van der Waals surface area contributed by atoms with Gasteiger partial charge in [-0.1, -0.05) is 0 Å². The van der Waals surface area contributed by atoms with E-state index in [0.717, 1.165) is 26.1 Å². The maximum absolute atomic E-state index is 5.87. The quantitative estimate of drug-likeness (QED) is 0.626. The largest absolute Gasteiger partial charge is 0.382 e. The minimum absolute atomic E-state index is 0.445. The molecule has 4 heteroatoms. The molecule has 0 radical (unpaired) electrons. The molecule has 102 valence electrons. The lowest BCUT2D eigenvalue weighted by molar-refractivity contribution is 0.00301. The van der Waals surface area contributed by atoms with Gasteiger partial charge in [0.2, 0.25) is 0 Å². The molecule has 0 aliphatic heterocycles. The van der Waals surface area contributed by atoms with Crippen molar-refractivity contribution in [2.24, 2.45) is 0 Å². The van der Waals surface area contributed by atoms with Crippen LogP contribution in [-0.2, 0) is 14.2 Å². The Morgan fingerprint density at radius 3 is 2.76 bits per heavy atom. The second kappa shape index (κ2) is 9.83. The summed E-state index contributed by atoms with van der Waals surface area (Å²) in [6.45, 7) is 2.94. The van der Waals surface area contributed by atoms with Crippen LogP contribution in [-0.4, -0.2) is 52.7 Å². The van der Waals surface area contributed by atoms with Crippen molar-refractivity contribution in [2.75, 3.05) is 40.6 Å². The Balaban J connectivity index is 1.91. The summed E-state index contributed by atoms with van der Waals surface area (Å²) in [5.74, 6) is 0. The summed E-state index contributed by atoms with van der Waals surface area (Å²) in [6, 6.07) is 0.645. The maximum atomic E-state index is 5.87. The van der Waals surface area contributed by atoms with Gasteiger partial charge in [0.25, 0.3) is 0 Å². The van der Waals surface area contributed by atoms with E-state index in [4.69, 9.17) is 14.2 Å². The lowest BCUT2D eigenvalue weighted by Gasteiger charge is -2.28. The minimum Gasteiger partial charge on any atom is -0.382 e. The zero-order chi connectivity index (χ0) is 12.3. The van der Waals surface area contributed by atoms with Crippen LogP contribution in [0.1, 0.15) is 32.1 Å². The third kappa shape index (κ3) is 6.99. The summed E-state index contributed by atoms with van der Waals surface area (Å²) < 4.78 is 16.2. The monoisotopic (exact) mass is 245 g/mol. The highest BCUT2D eigenvalue weighted by atomic mass is 16.5. The number of nitrogens with one attached hydrogen (secondary N) is 1. The third-order valence-corrected chi connectivity index (χ3v) is 3.25. The second-order valence-electron chi connectivity index (χ2n) is 4.60. The molecule has 1 N–H and O–H groups in total. The van der Waals surface area contributed by atoms with Gasteiger partial charge in [-0.15, -0.1) is 0 Å². The first kappa shape index (κ1) is 14.9. The van der Waals surface area contributed by atoms with E-state index < -0.39 is 0 Å². The molecule has 1 aliphatic carbocycles. The first-order valence-corrected chi connectivity index (χ1v) is 6.72. The fraction of sp³-hybridized carbons (Fsp3) is 1.00. The first-order chi connectivity index (χ1) is 8.36. The van der Waals surface area contributed by atoms with Gasteiger partial charge < -0.3 is 19.5 Å². The molecule has 0 bridgehead atoms. The second-order valence-corrected chi connectivity index (χ2v) is 4.60. The molecular weight excluding hydrogens is 218 g/mol. The van der Waals surface area contributed by atoms with Crippen LogP contribution in [0, 0.1) is 0 Å². The summed E-state index contributed by atoms with van der Waals surface area (Å²) >= 11 is 0. The van der Waals surface area contributed by atoms with E-state index in [0.29, 0.717) is 25.4 Å². The van der Waals surface area contributed by atoms with E-state index in [9.17, 15) is 0 Å². The number of methoxy groups -OCH3 is 1. The lowest BCUT2D eigenvalue weighted by Crippen LogP contribution is -2.35. The molecule has 1 rings (SSSR count). The molecule has 4 nitrogen and oxygen atoms in total. The number of hydrogen-bond donors (Lipinski definition) is 1. The summed E-state index contributed by atoms with van der Waals surface area (Å²) in [4.78, 5) is 0. The van der Waals surface area contributed by atoms with Crippen molar-refractivity contribution in [3.05, 3.63) is 0 Å². The molecule has 0 aromatic rings. The van der Waals surface area contributed by atoms with Crippen LogP contribution in [0.25, 0.3) is 0 Å². The molecule has 2 unspecified atom stereocenters. The zero-order valence-electron chi connectivity index (χ0n) is 11.2. The summed E-state index contributed by atoms with van der Waals surface area (Å²) in [6.07, 6.45) is 6.35. The van der Waals surface area contributed by atoms with Crippen molar-refractivity contribution < 1.29 is 14.2 Å². The molecule has 1 aliphatic rings. The Morgan fingerprint density at radius 2 is 2.00 bits per heavy atom. The molecule has 17 heavy (non-hydrogen) atoms. The fourth-order valence-electron chi connectivity index (χ4n) is 2.21. The fourth-order valence-corrected chi connectivity index (χ4v) is 2.21. The Morgan fingerprint density at radius 1 is 1.12 bits per heavy atom. The third-order valence-electron chi connectivity index (χ3n) is 3.25. The van der Waals surface area contributed by atoms with Crippen LogP contribution >= 0.6 is 0 Å². The minimum atomic E-state index is 0.445.